The van der Waals surface area contributed by atoms with E-state index in [4.69, 9.17) is 17.3 Å². The van der Waals surface area contributed by atoms with Crippen molar-refractivity contribution in [3.63, 3.8) is 0 Å². The molecule has 0 heterocycles. The fourth-order valence-electron chi connectivity index (χ4n) is 2.70. The number of carbonyl (C=O) groups is 1. The Balaban J connectivity index is 2.73. The van der Waals surface area contributed by atoms with Gasteiger partial charge in [-0.1, -0.05) is 11.6 Å². The first-order valence-electron chi connectivity index (χ1n) is 6.92. The lowest BCUT2D eigenvalue weighted by molar-refractivity contribution is 0.103. The molecule has 0 amide bonds. The molecular weight excluding hydrogens is 282 g/mol. The van der Waals surface area contributed by atoms with Gasteiger partial charge in [0.05, 0.1) is 0 Å². The Morgan fingerprint density at radius 1 is 0.905 bits per heavy atom. The third kappa shape index (κ3) is 2.56. The molecule has 21 heavy (non-hydrogen) atoms. The van der Waals surface area contributed by atoms with Crippen LogP contribution in [0.2, 0.25) is 5.02 Å². The average Bonchev–Trinajstić information content (AvgIpc) is 2.45. The van der Waals surface area contributed by atoms with Crippen molar-refractivity contribution in [1.29, 1.82) is 0 Å². The molecule has 0 atom stereocenters. The average molecular weight is 302 g/mol. The maximum Gasteiger partial charge on any atom is 0.195 e. The van der Waals surface area contributed by atoms with Crippen molar-refractivity contribution in [2.75, 3.05) is 5.73 Å². The van der Waals surface area contributed by atoms with Gasteiger partial charge in [0.2, 0.25) is 0 Å². The molecule has 0 bridgehead atoms. The molecule has 110 valence electrons. The molecule has 2 aromatic rings. The van der Waals surface area contributed by atoms with E-state index in [-0.39, 0.29) is 5.78 Å². The third-order valence-electron chi connectivity index (χ3n) is 4.49. The Kier molecular flexibility index (Phi) is 4.11. The first-order chi connectivity index (χ1) is 9.75. The van der Waals surface area contributed by atoms with Crippen molar-refractivity contribution in [3.05, 3.63) is 62.2 Å². The highest BCUT2D eigenvalue weighted by Gasteiger charge is 2.21. The van der Waals surface area contributed by atoms with Crippen LogP contribution >= 0.6 is 11.6 Å². The van der Waals surface area contributed by atoms with E-state index in [0.29, 0.717) is 16.3 Å². The van der Waals surface area contributed by atoms with Crippen LogP contribution in [0.1, 0.15) is 43.7 Å². The molecule has 2 rings (SSSR count). The quantitative estimate of drug-likeness (QED) is 0.645. The zero-order chi connectivity index (χ0) is 15.9. The highest BCUT2D eigenvalue weighted by Crippen LogP contribution is 2.30. The van der Waals surface area contributed by atoms with Crippen molar-refractivity contribution in [1.82, 2.24) is 0 Å². The summed E-state index contributed by atoms with van der Waals surface area (Å²) in [5.41, 5.74) is 13.2. The molecule has 2 aromatic carbocycles. The second kappa shape index (κ2) is 5.53. The van der Waals surface area contributed by atoms with Crippen LogP contribution in [-0.4, -0.2) is 5.78 Å². The summed E-state index contributed by atoms with van der Waals surface area (Å²) in [4.78, 5) is 12.9. The number of benzene rings is 2. The fraction of sp³-hybridized carbons (Fsp3) is 0.278. The van der Waals surface area contributed by atoms with Gasteiger partial charge < -0.3 is 5.73 Å². The zero-order valence-corrected chi connectivity index (χ0v) is 13.9. The molecule has 0 saturated heterocycles. The van der Waals surface area contributed by atoms with Crippen LogP contribution in [0.5, 0.6) is 0 Å². The van der Waals surface area contributed by atoms with Crippen LogP contribution in [0.25, 0.3) is 0 Å². The number of nitrogens with two attached hydrogens (primary N) is 1. The van der Waals surface area contributed by atoms with Crippen LogP contribution < -0.4 is 5.73 Å². The van der Waals surface area contributed by atoms with E-state index in [0.717, 1.165) is 27.8 Å². The first-order valence-corrected chi connectivity index (χ1v) is 7.30. The molecule has 0 aliphatic carbocycles. The van der Waals surface area contributed by atoms with E-state index < -0.39 is 0 Å². The summed E-state index contributed by atoms with van der Waals surface area (Å²) in [6.07, 6.45) is 0. The maximum absolute atomic E-state index is 12.9. The topological polar surface area (TPSA) is 43.1 Å². The predicted molar refractivity (Wildman–Crippen MR) is 89.4 cm³/mol. The van der Waals surface area contributed by atoms with E-state index in [9.17, 15) is 4.79 Å². The number of hydrogen-bond donors (Lipinski definition) is 1. The van der Waals surface area contributed by atoms with Crippen LogP contribution in [-0.2, 0) is 0 Å². The second-order valence-corrected chi connectivity index (χ2v) is 6.00. The van der Waals surface area contributed by atoms with Crippen molar-refractivity contribution in [3.8, 4) is 0 Å². The lowest BCUT2D eigenvalue weighted by atomic mass is 9.86. The Morgan fingerprint density at radius 2 is 1.38 bits per heavy atom. The van der Waals surface area contributed by atoms with E-state index in [1.165, 1.54) is 5.56 Å². The zero-order valence-electron chi connectivity index (χ0n) is 13.1. The lowest BCUT2D eigenvalue weighted by Crippen LogP contribution is -2.12. The monoisotopic (exact) mass is 301 g/mol. The van der Waals surface area contributed by atoms with Crippen LogP contribution in [0, 0.1) is 34.6 Å². The minimum Gasteiger partial charge on any atom is -0.398 e. The summed E-state index contributed by atoms with van der Waals surface area (Å²) >= 11 is 6.01. The molecule has 0 aliphatic heterocycles. The molecule has 2 nitrogen and oxygen atoms in total. The number of hydrogen-bond acceptors (Lipinski definition) is 2. The minimum absolute atomic E-state index is 0.0591. The Hall–Kier alpha value is -1.80. The van der Waals surface area contributed by atoms with Crippen molar-refractivity contribution in [2.24, 2.45) is 0 Å². The number of rotatable bonds is 2. The van der Waals surface area contributed by atoms with Crippen molar-refractivity contribution >= 4 is 23.1 Å². The lowest BCUT2D eigenvalue weighted by Gasteiger charge is -2.18. The van der Waals surface area contributed by atoms with Crippen LogP contribution in [0.15, 0.2) is 18.2 Å². The molecule has 0 radical (unpaired) electrons. The van der Waals surface area contributed by atoms with Gasteiger partial charge in [0, 0.05) is 21.8 Å². The largest absolute Gasteiger partial charge is 0.398 e. The number of ketones is 1. The summed E-state index contributed by atoms with van der Waals surface area (Å²) in [7, 11) is 0. The normalized spacial score (nSPS) is 10.8. The van der Waals surface area contributed by atoms with Gasteiger partial charge in [0.15, 0.2) is 5.78 Å². The molecule has 0 aliphatic rings. The van der Waals surface area contributed by atoms with E-state index in [1.807, 2.05) is 13.8 Å². The predicted octanol–water partition coefficient (Wildman–Crippen LogP) is 4.70. The highest BCUT2D eigenvalue weighted by molar-refractivity contribution is 6.31. The van der Waals surface area contributed by atoms with E-state index in [1.54, 1.807) is 18.2 Å². The van der Waals surface area contributed by atoms with Gasteiger partial charge in [0.1, 0.15) is 0 Å². The Morgan fingerprint density at radius 3 is 1.90 bits per heavy atom. The van der Waals surface area contributed by atoms with Gasteiger partial charge in [-0.3, -0.25) is 4.79 Å². The first kappa shape index (κ1) is 15.6. The summed E-state index contributed by atoms with van der Waals surface area (Å²) in [5.74, 6) is -0.0591. The number of nitrogen functional groups attached to an aromatic ring is 1. The number of carbonyl (C=O) groups excluding carboxylic acids is 1. The smallest absolute Gasteiger partial charge is 0.195 e. The SMILES string of the molecule is Cc1c(C)c(C)c(C(=O)c2cc(Cl)ccc2N)c(C)c1C. The number of anilines is 1. The van der Waals surface area contributed by atoms with Gasteiger partial charge in [-0.2, -0.15) is 0 Å². The third-order valence-corrected chi connectivity index (χ3v) is 4.72. The van der Waals surface area contributed by atoms with Gasteiger partial charge in [0.25, 0.3) is 0 Å². The van der Waals surface area contributed by atoms with Crippen molar-refractivity contribution in [2.45, 2.75) is 34.6 Å². The molecule has 3 heteroatoms. The summed E-state index contributed by atoms with van der Waals surface area (Å²) in [6, 6.07) is 5.01. The highest BCUT2D eigenvalue weighted by atomic mass is 35.5. The van der Waals surface area contributed by atoms with E-state index in [2.05, 4.69) is 20.8 Å². The van der Waals surface area contributed by atoms with Gasteiger partial charge in [-0.05, 0) is 80.6 Å². The second-order valence-electron chi connectivity index (χ2n) is 5.56. The molecule has 0 spiro atoms. The molecule has 0 aromatic heterocycles. The summed E-state index contributed by atoms with van der Waals surface area (Å²) < 4.78 is 0. The fourth-order valence-corrected chi connectivity index (χ4v) is 2.87. The van der Waals surface area contributed by atoms with Crippen LogP contribution in [0.4, 0.5) is 5.69 Å². The van der Waals surface area contributed by atoms with Crippen molar-refractivity contribution < 1.29 is 4.79 Å². The maximum atomic E-state index is 12.9. The summed E-state index contributed by atoms with van der Waals surface area (Å²) in [5, 5.41) is 0.517. The van der Waals surface area contributed by atoms with Gasteiger partial charge in [-0.15, -0.1) is 0 Å². The molecule has 0 saturated carbocycles. The Labute approximate surface area is 130 Å². The minimum atomic E-state index is -0.0591. The number of halogens is 1. The summed E-state index contributed by atoms with van der Waals surface area (Å²) in [6.45, 7) is 10.2. The molecule has 2 N–H and O–H groups in total. The van der Waals surface area contributed by atoms with Gasteiger partial charge >= 0.3 is 0 Å². The molecule has 0 fully saturated rings. The van der Waals surface area contributed by atoms with Gasteiger partial charge in [-0.25, -0.2) is 0 Å². The van der Waals surface area contributed by atoms with E-state index >= 15 is 0 Å². The standard InChI is InChI=1S/C18H20ClNO/c1-9-10(2)12(4)17(13(5)11(9)3)18(21)15-8-14(19)6-7-16(15)20/h6-8H,20H2,1-5H3. The van der Waals surface area contributed by atoms with Crippen LogP contribution in [0.3, 0.4) is 0 Å². The molecular formula is C18H20ClNO. The molecule has 0 unspecified atom stereocenters. The Bertz CT molecular complexity index is 718.